The maximum atomic E-state index is 9.17. The van der Waals surface area contributed by atoms with Crippen molar-refractivity contribution in [1.82, 2.24) is 0 Å². The molecule has 2 N–H and O–H groups in total. The molecule has 0 aliphatic heterocycles. The third-order valence-corrected chi connectivity index (χ3v) is 2.00. The molecule has 1 aromatic rings. The van der Waals surface area contributed by atoms with Crippen molar-refractivity contribution in [1.29, 1.82) is 0 Å². The van der Waals surface area contributed by atoms with Gasteiger partial charge in [0.2, 0.25) is 0 Å². The van der Waals surface area contributed by atoms with Crippen LogP contribution in [0.25, 0.3) is 0 Å². The van der Waals surface area contributed by atoms with Crippen LogP contribution in [-0.4, -0.2) is 16.8 Å². The average molecular weight is 166 g/mol. The minimum Gasteiger partial charge on any atom is -0.508 e. The van der Waals surface area contributed by atoms with E-state index in [0.29, 0.717) is 5.92 Å². The standard InChI is InChI=1S/C10H14O2/c1-8(5-6-11)9-3-2-4-10(12)7-9/h2-4,7-8,11-12H,5-6H2,1H3. The van der Waals surface area contributed by atoms with Crippen LogP contribution < -0.4 is 0 Å². The molecule has 2 nitrogen and oxygen atoms in total. The van der Waals surface area contributed by atoms with Crippen LogP contribution in [0.3, 0.4) is 0 Å². The lowest BCUT2D eigenvalue weighted by molar-refractivity contribution is 0.278. The third kappa shape index (κ3) is 2.24. The fourth-order valence-electron chi connectivity index (χ4n) is 1.19. The molecule has 2 heteroatoms. The minimum absolute atomic E-state index is 0.191. The summed E-state index contributed by atoms with van der Waals surface area (Å²) < 4.78 is 0. The van der Waals surface area contributed by atoms with Gasteiger partial charge in [0.05, 0.1) is 0 Å². The molecule has 0 heterocycles. The van der Waals surface area contributed by atoms with Crippen LogP contribution in [0.2, 0.25) is 0 Å². The number of phenols is 1. The van der Waals surface area contributed by atoms with Crippen LogP contribution in [0.4, 0.5) is 0 Å². The lowest BCUT2D eigenvalue weighted by atomic mass is 9.98. The Morgan fingerprint density at radius 2 is 2.17 bits per heavy atom. The third-order valence-electron chi connectivity index (χ3n) is 2.00. The largest absolute Gasteiger partial charge is 0.508 e. The highest BCUT2D eigenvalue weighted by molar-refractivity contribution is 5.29. The van der Waals surface area contributed by atoms with Crippen LogP contribution >= 0.6 is 0 Å². The van der Waals surface area contributed by atoms with Gasteiger partial charge in [-0.05, 0) is 30.0 Å². The van der Waals surface area contributed by atoms with Gasteiger partial charge in [-0.2, -0.15) is 0 Å². The van der Waals surface area contributed by atoms with Crippen molar-refractivity contribution in [3.05, 3.63) is 29.8 Å². The zero-order valence-corrected chi connectivity index (χ0v) is 7.20. The topological polar surface area (TPSA) is 40.5 Å². The molecule has 1 rings (SSSR count). The molecule has 0 saturated heterocycles. The van der Waals surface area contributed by atoms with Gasteiger partial charge in [-0.15, -0.1) is 0 Å². The molecule has 0 aliphatic rings. The van der Waals surface area contributed by atoms with Crippen LogP contribution in [0.1, 0.15) is 24.8 Å². The fraction of sp³-hybridized carbons (Fsp3) is 0.400. The molecule has 0 amide bonds. The number of hydrogen-bond donors (Lipinski definition) is 2. The second-order valence-electron chi connectivity index (χ2n) is 3.01. The van der Waals surface area contributed by atoms with Crippen LogP contribution in [0.15, 0.2) is 24.3 Å². The van der Waals surface area contributed by atoms with Crippen molar-refractivity contribution in [2.45, 2.75) is 19.3 Å². The number of phenolic OH excluding ortho intramolecular Hbond substituents is 1. The maximum absolute atomic E-state index is 9.17. The van der Waals surface area contributed by atoms with E-state index >= 15 is 0 Å². The molecule has 0 aliphatic carbocycles. The highest BCUT2D eigenvalue weighted by atomic mass is 16.3. The second-order valence-corrected chi connectivity index (χ2v) is 3.01. The Labute approximate surface area is 72.5 Å². The number of benzene rings is 1. The molecular weight excluding hydrogens is 152 g/mol. The fourth-order valence-corrected chi connectivity index (χ4v) is 1.19. The molecule has 1 unspecified atom stereocenters. The summed E-state index contributed by atoms with van der Waals surface area (Å²) >= 11 is 0. The zero-order chi connectivity index (χ0) is 8.97. The van der Waals surface area contributed by atoms with E-state index in [4.69, 9.17) is 10.2 Å². The number of aliphatic hydroxyl groups is 1. The van der Waals surface area contributed by atoms with E-state index in [0.717, 1.165) is 12.0 Å². The van der Waals surface area contributed by atoms with Crippen LogP contribution in [-0.2, 0) is 0 Å². The van der Waals surface area contributed by atoms with Crippen molar-refractivity contribution >= 4 is 0 Å². The van der Waals surface area contributed by atoms with Crippen molar-refractivity contribution in [2.75, 3.05) is 6.61 Å². The summed E-state index contributed by atoms with van der Waals surface area (Å²) in [6.45, 7) is 2.22. The van der Waals surface area contributed by atoms with Gasteiger partial charge < -0.3 is 10.2 Å². The Balaban J connectivity index is 2.73. The zero-order valence-electron chi connectivity index (χ0n) is 7.20. The maximum Gasteiger partial charge on any atom is 0.115 e. The predicted molar refractivity (Wildman–Crippen MR) is 48.2 cm³/mol. The van der Waals surface area contributed by atoms with Crippen molar-refractivity contribution in [2.24, 2.45) is 0 Å². The second kappa shape index (κ2) is 4.12. The predicted octanol–water partition coefficient (Wildman–Crippen LogP) is 1.88. The molecule has 0 fully saturated rings. The Morgan fingerprint density at radius 1 is 1.42 bits per heavy atom. The molecule has 1 atom stereocenters. The normalized spacial score (nSPS) is 12.8. The van der Waals surface area contributed by atoms with E-state index in [9.17, 15) is 0 Å². The van der Waals surface area contributed by atoms with Gasteiger partial charge in [-0.3, -0.25) is 0 Å². The van der Waals surface area contributed by atoms with Gasteiger partial charge >= 0.3 is 0 Å². The average Bonchev–Trinajstić information content (AvgIpc) is 2.05. The van der Waals surface area contributed by atoms with E-state index in [1.807, 2.05) is 19.1 Å². The van der Waals surface area contributed by atoms with E-state index in [2.05, 4.69) is 0 Å². The first kappa shape index (κ1) is 9.07. The molecule has 0 bridgehead atoms. The van der Waals surface area contributed by atoms with Gasteiger partial charge in [-0.1, -0.05) is 19.1 Å². The number of rotatable bonds is 3. The monoisotopic (exact) mass is 166 g/mol. The summed E-state index contributed by atoms with van der Waals surface area (Å²) in [5.41, 5.74) is 1.07. The van der Waals surface area contributed by atoms with Crippen LogP contribution in [0, 0.1) is 0 Å². The Bertz CT molecular complexity index is 245. The van der Waals surface area contributed by atoms with Crippen molar-refractivity contribution in [3.63, 3.8) is 0 Å². The minimum atomic E-state index is 0.191. The smallest absolute Gasteiger partial charge is 0.115 e. The summed E-state index contributed by atoms with van der Waals surface area (Å²) in [5.74, 6) is 0.597. The van der Waals surface area contributed by atoms with Gasteiger partial charge in [0.25, 0.3) is 0 Å². The van der Waals surface area contributed by atoms with Gasteiger partial charge in [-0.25, -0.2) is 0 Å². The number of aliphatic hydroxyl groups excluding tert-OH is 1. The van der Waals surface area contributed by atoms with Gasteiger partial charge in [0.15, 0.2) is 0 Å². The molecule has 12 heavy (non-hydrogen) atoms. The Morgan fingerprint density at radius 3 is 2.75 bits per heavy atom. The highest BCUT2D eigenvalue weighted by Crippen LogP contribution is 2.21. The SMILES string of the molecule is CC(CCO)c1cccc(O)c1. The van der Waals surface area contributed by atoms with Gasteiger partial charge in [0.1, 0.15) is 5.75 Å². The molecule has 0 radical (unpaired) electrons. The molecule has 0 aromatic heterocycles. The summed E-state index contributed by atoms with van der Waals surface area (Å²) in [6, 6.07) is 7.16. The van der Waals surface area contributed by atoms with E-state index < -0.39 is 0 Å². The van der Waals surface area contributed by atoms with Crippen molar-refractivity contribution in [3.8, 4) is 5.75 Å². The lowest BCUT2D eigenvalue weighted by Crippen LogP contribution is -1.95. The summed E-state index contributed by atoms with van der Waals surface area (Å²) in [7, 11) is 0. The number of hydrogen-bond acceptors (Lipinski definition) is 2. The van der Waals surface area contributed by atoms with Crippen molar-refractivity contribution < 1.29 is 10.2 Å². The molecule has 1 aromatic carbocycles. The summed E-state index contributed by atoms with van der Waals surface area (Å²) in [4.78, 5) is 0. The van der Waals surface area contributed by atoms with Crippen LogP contribution in [0.5, 0.6) is 5.75 Å². The first-order valence-electron chi connectivity index (χ1n) is 4.14. The van der Waals surface area contributed by atoms with E-state index in [1.54, 1.807) is 12.1 Å². The number of aromatic hydroxyl groups is 1. The Hall–Kier alpha value is -1.02. The van der Waals surface area contributed by atoms with Gasteiger partial charge in [0, 0.05) is 6.61 Å². The first-order valence-corrected chi connectivity index (χ1v) is 4.14. The Kier molecular flexibility index (Phi) is 3.11. The quantitative estimate of drug-likeness (QED) is 0.719. The lowest BCUT2D eigenvalue weighted by Gasteiger charge is -2.09. The van der Waals surface area contributed by atoms with E-state index in [-0.39, 0.29) is 12.4 Å². The molecular formula is C10H14O2. The highest BCUT2D eigenvalue weighted by Gasteiger charge is 2.04. The summed E-state index contributed by atoms with van der Waals surface area (Å²) in [5, 5.41) is 17.9. The van der Waals surface area contributed by atoms with E-state index in [1.165, 1.54) is 0 Å². The first-order chi connectivity index (χ1) is 5.74. The summed E-state index contributed by atoms with van der Waals surface area (Å²) in [6.07, 6.45) is 0.740. The molecule has 0 spiro atoms. The molecule has 66 valence electrons. The molecule has 0 saturated carbocycles.